The molecule has 20 heteroatoms. The highest BCUT2D eigenvalue weighted by Crippen LogP contribution is 2.29. The Kier molecular flexibility index (Phi) is 38.3. The fraction of sp³-hybridized carbons (Fsp3) is 0.740. The Morgan fingerprint density at radius 3 is 0.660 bits per heavy atom. The first-order valence-corrected chi connectivity index (χ1v) is 36.5. The van der Waals surface area contributed by atoms with E-state index >= 15 is 0 Å². The van der Waals surface area contributed by atoms with Crippen molar-refractivity contribution in [2.75, 3.05) is 158 Å². The predicted octanol–water partition coefficient (Wildman–Crippen LogP) is 9.40. The Balaban J connectivity index is 0.000000607. The number of hydrogen-bond donors (Lipinski definition) is 5. The third-order valence-electron chi connectivity index (χ3n) is 17.3. The summed E-state index contributed by atoms with van der Waals surface area (Å²) in [7, 11) is 4.17. The smallest absolute Gasteiger partial charge is 0.249 e. The molecule has 0 aliphatic rings. The van der Waals surface area contributed by atoms with Crippen LogP contribution in [0.3, 0.4) is 0 Å². The van der Waals surface area contributed by atoms with Crippen LogP contribution in [0.4, 0.5) is 28.4 Å². The quantitative estimate of drug-likeness (QED) is 0.0183. The van der Waals surface area contributed by atoms with E-state index in [4.69, 9.17) is 0 Å². The van der Waals surface area contributed by atoms with Gasteiger partial charge in [-0.25, -0.2) is 0 Å². The maximum Gasteiger partial charge on any atom is 0.249 e. The first-order chi connectivity index (χ1) is 45.0. The average molecular weight is 1360 g/mol. The van der Waals surface area contributed by atoms with Crippen molar-refractivity contribution in [3.63, 3.8) is 0 Å². The standard InChI is InChI=1S/C17H30N2O2.C16H28N2O2.2C15H26N2O2.C14H24N2O2/c1-6-10-19(11-7-2)12-8-9-18-14-13(17(3,4)5)15(20)16(14)21;1-6-10-18(7-2)11-8-9-17-13-12(16(3,4)5)14(19)15(13)20;1-6-9-17(5)10-7-8-16-12-11(15(2,3)4)13(18)14(12)19;1-6-17(7-2)10-8-9-16-12-11(15(3,4)5)13(18)14(12)19;1-6-16(5)9-7-8-15-11-10(14(2,3)4)12(17)13(11)18/h18H,6-12H2,1-5H3;17H,6-11H2,1-5H3;2*16H,6-10H2,1-5H3;15H,6-9H2,1-5H3. The minimum Gasteiger partial charge on any atom is -0.381 e. The van der Waals surface area contributed by atoms with E-state index in [9.17, 15) is 47.9 Å². The lowest BCUT2D eigenvalue weighted by Crippen LogP contribution is -2.43. The molecule has 0 aliphatic heterocycles. The van der Waals surface area contributed by atoms with Gasteiger partial charge in [-0.1, -0.05) is 159 Å². The van der Waals surface area contributed by atoms with Gasteiger partial charge < -0.3 is 51.1 Å². The van der Waals surface area contributed by atoms with Gasteiger partial charge >= 0.3 is 0 Å². The number of nitrogens with one attached hydrogen (secondary N) is 5. The highest BCUT2D eigenvalue weighted by Gasteiger charge is 2.34. The van der Waals surface area contributed by atoms with E-state index in [-0.39, 0.29) is 81.4 Å². The van der Waals surface area contributed by atoms with Crippen molar-refractivity contribution < 1.29 is 0 Å². The lowest BCUT2D eigenvalue weighted by molar-refractivity contribution is 0.274. The van der Waals surface area contributed by atoms with Gasteiger partial charge in [0.05, 0.1) is 28.4 Å². The zero-order chi connectivity index (χ0) is 74.6. The van der Waals surface area contributed by atoms with Crippen molar-refractivity contribution in [3.05, 3.63) is 130 Å². The van der Waals surface area contributed by atoms with E-state index in [1.807, 2.05) is 104 Å². The van der Waals surface area contributed by atoms with Crippen LogP contribution in [0.5, 0.6) is 0 Å². The third kappa shape index (κ3) is 27.7. The van der Waals surface area contributed by atoms with Crippen molar-refractivity contribution in [1.29, 1.82) is 0 Å². The first kappa shape index (κ1) is 89.2. The number of rotatable bonds is 37. The van der Waals surface area contributed by atoms with E-state index in [1.165, 1.54) is 12.8 Å². The molecule has 0 aliphatic carbocycles. The molecule has 0 spiro atoms. The van der Waals surface area contributed by atoms with Crippen molar-refractivity contribution in [2.24, 2.45) is 0 Å². The second kappa shape index (κ2) is 41.7. The zero-order valence-electron chi connectivity index (χ0n) is 65.4. The van der Waals surface area contributed by atoms with Crippen LogP contribution in [0.2, 0.25) is 0 Å². The van der Waals surface area contributed by atoms with Gasteiger partial charge in [-0.2, -0.15) is 0 Å². The van der Waals surface area contributed by atoms with Crippen LogP contribution in [-0.4, -0.2) is 156 Å². The van der Waals surface area contributed by atoms with Crippen LogP contribution in [0, 0.1) is 0 Å². The van der Waals surface area contributed by atoms with Crippen molar-refractivity contribution >= 4 is 28.4 Å². The van der Waals surface area contributed by atoms with Gasteiger partial charge in [-0.05, 0) is 184 Å². The Morgan fingerprint density at radius 2 is 0.443 bits per heavy atom. The SMILES string of the molecule is CCCN(C)CCCNc1c(C(C)(C)C)c(=O)c1=O.CCCN(CC)CCCNc1c(C(C)(C)C)c(=O)c1=O.CCCN(CCC)CCCNc1c(C(C)(C)C)c(=O)c1=O.CCN(C)CCCNc1c(C(C)(C)C)c(=O)c1=O.CCN(CC)CCCNc1c(C(C)(C)C)c(=O)c1=O. The van der Waals surface area contributed by atoms with Crippen LogP contribution in [0.25, 0.3) is 0 Å². The summed E-state index contributed by atoms with van der Waals surface area (Å²) < 4.78 is 0. The van der Waals surface area contributed by atoms with E-state index in [0.717, 1.165) is 163 Å². The van der Waals surface area contributed by atoms with E-state index in [0.29, 0.717) is 56.3 Å². The molecular formula is C77H134N10O10. The zero-order valence-corrected chi connectivity index (χ0v) is 65.4. The van der Waals surface area contributed by atoms with E-state index < -0.39 is 0 Å². The lowest BCUT2D eigenvalue weighted by Gasteiger charge is -2.25. The van der Waals surface area contributed by atoms with Crippen molar-refractivity contribution in [2.45, 2.75) is 244 Å². The van der Waals surface area contributed by atoms with E-state index in [1.54, 1.807) is 0 Å². The Bertz CT molecular complexity index is 3480. The minimum atomic E-state index is -0.358. The molecule has 97 heavy (non-hydrogen) atoms. The number of anilines is 5. The van der Waals surface area contributed by atoms with Crippen molar-refractivity contribution in [3.8, 4) is 0 Å². The molecule has 5 aromatic rings. The lowest BCUT2D eigenvalue weighted by atomic mass is 9.82. The second-order valence-corrected chi connectivity index (χ2v) is 31.2. The molecule has 0 heterocycles. The maximum atomic E-state index is 11.7. The first-order valence-electron chi connectivity index (χ1n) is 36.5. The molecule has 552 valence electrons. The summed E-state index contributed by atoms with van der Waals surface area (Å²) in [5.74, 6) is 0. The van der Waals surface area contributed by atoms with Gasteiger partial charge in [0.25, 0.3) is 0 Å². The molecule has 0 saturated carbocycles. The summed E-state index contributed by atoms with van der Waals surface area (Å²) >= 11 is 0. The summed E-state index contributed by atoms with van der Waals surface area (Å²) in [6, 6.07) is 0. The van der Waals surface area contributed by atoms with Gasteiger partial charge in [0.1, 0.15) is 0 Å². The molecule has 20 nitrogen and oxygen atoms in total. The van der Waals surface area contributed by atoms with Gasteiger partial charge in [0, 0.05) is 60.5 Å². The number of hydrogen-bond acceptors (Lipinski definition) is 20. The highest BCUT2D eigenvalue weighted by atomic mass is 16.2. The molecule has 5 aromatic carbocycles. The summed E-state index contributed by atoms with van der Waals surface area (Å²) in [5.41, 5.74) is 1.31. The Morgan fingerprint density at radius 1 is 0.237 bits per heavy atom. The summed E-state index contributed by atoms with van der Waals surface area (Å²) in [6.45, 7) is 64.2. The highest BCUT2D eigenvalue weighted by molar-refractivity contribution is 5.62. The topological polar surface area (TPSA) is 247 Å². The molecular weight excluding hydrogens is 1220 g/mol. The summed E-state index contributed by atoms with van der Waals surface area (Å²) in [5, 5.41) is 15.7. The monoisotopic (exact) mass is 1360 g/mol. The fourth-order valence-electron chi connectivity index (χ4n) is 12.0. The normalized spacial score (nSPS) is 12.3. The third-order valence-corrected chi connectivity index (χ3v) is 17.3. The predicted molar refractivity (Wildman–Crippen MR) is 414 cm³/mol. The van der Waals surface area contributed by atoms with Crippen LogP contribution >= 0.6 is 0 Å². The van der Waals surface area contributed by atoms with Crippen LogP contribution in [0.1, 0.15) is 245 Å². The molecule has 0 amide bonds. The molecule has 0 saturated heterocycles. The molecule has 0 atom stereocenters. The maximum absolute atomic E-state index is 11.7. The summed E-state index contributed by atoms with van der Waals surface area (Å²) in [6.07, 6.45) is 9.53. The fourth-order valence-corrected chi connectivity index (χ4v) is 12.0. The van der Waals surface area contributed by atoms with Gasteiger partial charge in [0.15, 0.2) is 0 Å². The van der Waals surface area contributed by atoms with Crippen LogP contribution < -0.4 is 80.9 Å². The second-order valence-electron chi connectivity index (χ2n) is 31.2. The van der Waals surface area contributed by atoms with Gasteiger partial charge in [-0.3, -0.25) is 47.9 Å². The van der Waals surface area contributed by atoms with Crippen LogP contribution in [-0.2, 0) is 27.1 Å². The molecule has 5 rings (SSSR count). The average Bonchev–Trinajstić information content (AvgIpc) is 0.797. The molecule has 0 radical (unpaired) electrons. The van der Waals surface area contributed by atoms with Gasteiger partial charge in [0.2, 0.25) is 54.3 Å². The Hall–Kier alpha value is -5.80. The summed E-state index contributed by atoms with van der Waals surface area (Å²) in [4.78, 5) is 128. The molecule has 5 N–H and O–H groups in total. The van der Waals surface area contributed by atoms with Crippen LogP contribution in [0.15, 0.2) is 47.9 Å². The largest absolute Gasteiger partial charge is 0.381 e. The Labute approximate surface area is 583 Å². The van der Waals surface area contributed by atoms with Crippen molar-refractivity contribution in [1.82, 2.24) is 24.5 Å². The minimum absolute atomic E-state index is 0.256. The number of nitrogens with zero attached hydrogens (tertiary/aromatic N) is 5. The molecule has 0 aromatic heterocycles. The van der Waals surface area contributed by atoms with E-state index in [2.05, 4.69) is 121 Å². The van der Waals surface area contributed by atoms with Gasteiger partial charge in [-0.15, -0.1) is 0 Å². The molecule has 0 unspecified atom stereocenters. The molecule has 0 bridgehead atoms. The molecule has 0 fully saturated rings.